The fourth-order valence-electron chi connectivity index (χ4n) is 4.86. The summed E-state index contributed by atoms with van der Waals surface area (Å²) in [5, 5.41) is 4.59. The molecule has 1 atom stereocenters. The molecule has 0 aromatic heterocycles. The van der Waals surface area contributed by atoms with Crippen molar-refractivity contribution >= 4 is 27.5 Å². The molecule has 1 amide bonds. The minimum absolute atomic E-state index is 0.268. The van der Waals surface area contributed by atoms with Gasteiger partial charge in [-0.3, -0.25) is 4.79 Å². The van der Waals surface area contributed by atoms with Gasteiger partial charge in [0.25, 0.3) is 0 Å². The van der Waals surface area contributed by atoms with E-state index in [1.807, 2.05) is 6.07 Å². The van der Waals surface area contributed by atoms with Crippen molar-refractivity contribution in [1.29, 1.82) is 0 Å². The average molecular weight is 377 g/mol. The Morgan fingerprint density at radius 1 is 0.857 bits per heavy atom. The fraction of sp³-hybridized carbons (Fsp3) is 0.348. The predicted molar refractivity (Wildman–Crippen MR) is 108 cm³/mol. The summed E-state index contributed by atoms with van der Waals surface area (Å²) in [5.41, 5.74) is 2.56. The number of rotatable bonds is 3. The standard InChI is InChI=1S/C23H23NO4/c1-26-14-5-6-15-17(9-14)19-11-22(28-3)21(27-2)10-18(19)16-8-13-4-7-23(25)24(13)12-20(15)16/h5-6,9-11,13H,4,7-8,12H2,1-3H3. The monoisotopic (exact) mass is 377 g/mol. The smallest absolute Gasteiger partial charge is 0.223 e. The number of nitrogens with zero attached hydrogens (tertiary/aromatic N) is 1. The molecule has 5 nitrogen and oxygen atoms in total. The summed E-state index contributed by atoms with van der Waals surface area (Å²) >= 11 is 0. The number of methoxy groups -OCH3 is 3. The van der Waals surface area contributed by atoms with Crippen LogP contribution in [-0.4, -0.2) is 38.2 Å². The Morgan fingerprint density at radius 3 is 2.29 bits per heavy atom. The molecular weight excluding hydrogens is 354 g/mol. The zero-order valence-corrected chi connectivity index (χ0v) is 16.4. The second-order valence-corrected chi connectivity index (χ2v) is 7.54. The van der Waals surface area contributed by atoms with Crippen LogP contribution >= 0.6 is 0 Å². The third-order valence-corrected chi connectivity index (χ3v) is 6.28. The van der Waals surface area contributed by atoms with Gasteiger partial charge in [-0.25, -0.2) is 0 Å². The maximum atomic E-state index is 12.4. The lowest BCUT2D eigenvalue weighted by Gasteiger charge is -2.33. The average Bonchev–Trinajstić information content (AvgIpc) is 3.11. The molecule has 0 radical (unpaired) electrons. The first kappa shape index (κ1) is 17.2. The van der Waals surface area contributed by atoms with Gasteiger partial charge in [-0.15, -0.1) is 0 Å². The van der Waals surface area contributed by atoms with Crippen LogP contribution < -0.4 is 14.2 Å². The van der Waals surface area contributed by atoms with E-state index in [1.54, 1.807) is 21.3 Å². The first-order chi connectivity index (χ1) is 13.6. The molecule has 0 spiro atoms. The van der Waals surface area contributed by atoms with E-state index in [-0.39, 0.29) is 5.91 Å². The van der Waals surface area contributed by atoms with Crippen molar-refractivity contribution in [2.45, 2.75) is 31.8 Å². The second-order valence-electron chi connectivity index (χ2n) is 7.54. The topological polar surface area (TPSA) is 48.0 Å². The molecule has 3 aromatic rings. The summed E-state index contributed by atoms with van der Waals surface area (Å²) in [6.45, 7) is 0.673. The molecule has 3 aromatic carbocycles. The quantitative estimate of drug-likeness (QED) is 0.646. The first-order valence-corrected chi connectivity index (χ1v) is 9.61. The van der Waals surface area contributed by atoms with Crippen LogP contribution in [-0.2, 0) is 17.8 Å². The van der Waals surface area contributed by atoms with E-state index >= 15 is 0 Å². The van der Waals surface area contributed by atoms with Gasteiger partial charge in [0.05, 0.1) is 21.3 Å². The van der Waals surface area contributed by atoms with Gasteiger partial charge in [-0.05, 0) is 69.8 Å². The van der Waals surface area contributed by atoms with Crippen LogP contribution in [0.5, 0.6) is 17.2 Å². The molecule has 1 unspecified atom stereocenters. The van der Waals surface area contributed by atoms with E-state index in [0.717, 1.165) is 35.1 Å². The third kappa shape index (κ3) is 2.35. The summed E-state index contributed by atoms with van der Waals surface area (Å²) in [4.78, 5) is 14.4. The Bertz CT molecular complexity index is 1120. The van der Waals surface area contributed by atoms with Crippen molar-refractivity contribution in [2.24, 2.45) is 0 Å². The van der Waals surface area contributed by atoms with E-state index in [2.05, 4.69) is 29.2 Å². The number of amides is 1. The Kier molecular flexibility index (Phi) is 3.86. The van der Waals surface area contributed by atoms with Crippen LogP contribution in [0.4, 0.5) is 0 Å². The zero-order valence-electron chi connectivity index (χ0n) is 16.4. The highest BCUT2D eigenvalue weighted by atomic mass is 16.5. The number of hydrogen-bond donors (Lipinski definition) is 0. The second kappa shape index (κ2) is 6.30. The van der Waals surface area contributed by atoms with Gasteiger partial charge in [-0.2, -0.15) is 0 Å². The van der Waals surface area contributed by atoms with E-state index in [0.29, 0.717) is 24.8 Å². The van der Waals surface area contributed by atoms with Crippen molar-refractivity contribution < 1.29 is 19.0 Å². The van der Waals surface area contributed by atoms with Crippen LogP contribution in [0.1, 0.15) is 24.0 Å². The summed E-state index contributed by atoms with van der Waals surface area (Å²) in [6.07, 6.45) is 2.47. The van der Waals surface area contributed by atoms with E-state index < -0.39 is 0 Å². The molecule has 2 aliphatic rings. The molecule has 2 aliphatic heterocycles. The number of benzene rings is 3. The van der Waals surface area contributed by atoms with Crippen molar-refractivity contribution in [3.63, 3.8) is 0 Å². The summed E-state index contributed by atoms with van der Waals surface area (Å²) in [6, 6.07) is 10.6. The maximum absolute atomic E-state index is 12.4. The van der Waals surface area contributed by atoms with Gasteiger partial charge >= 0.3 is 0 Å². The molecule has 28 heavy (non-hydrogen) atoms. The third-order valence-electron chi connectivity index (χ3n) is 6.28. The number of fused-ring (bicyclic) bond motifs is 7. The normalized spacial score (nSPS) is 18.3. The van der Waals surface area contributed by atoms with E-state index in [9.17, 15) is 4.79 Å². The Hall–Kier alpha value is -2.95. The lowest BCUT2D eigenvalue weighted by atomic mass is 9.85. The number of hydrogen-bond acceptors (Lipinski definition) is 4. The molecule has 5 rings (SSSR count). The molecule has 1 fully saturated rings. The highest BCUT2D eigenvalue weighted by Crippen LogP contribution is 2.44. The van der Waals surface area contributed by atoms with Crippen molar-refractivity contribution in [3.05, 3.63) is 41.5 Å². The fourth-order valence-corrected chi connectivity index (χ4v) is 4.86. The molecule has 144 valence electrons. The van der Waals surface area contributed by atoms with Gasteiger partial charge in [0.2, 0.25) is 5.91 Å². The highest BCUT2D eigenvalue weighted by molar-refractivity contribution is 6.12. The summed E-state index contributed by atoms with van der Waals surface area (Å²) in [7, 11) is 5.00. The van der Waals surface area contributed by atoms with Crippen LogP contribution in [0.25, 0.3) is 21.5 Å². The van der Waals surface area contributed by atoms with E-state index in [1.165, 1.54) is 21.9 Å². The summed E-state index contributed by atoms with van der Waals surface area (Å²) in [5.74, 6) is 2.52. The minimum Gasteiger partial charge on any atom is -0.497 e. The zero-order chi connectivity index (χ0) is 19.4. The highest BCUT2D eigenvalue weighted by Gasteiger charge is 2.36. The largest absolute Gasteiger partial charge is 0.497 e. The first-order valence-electron chi connectivity index (χ1n) is 9.61. The molecule has 2 heterocycles. The molecule has 0 N–H and O–H groups in total. The predicted octanol–water partition coefficient (Wildman–Crippen LogP) is 4.07. The van der Waals surface area contributed by atoms with Gasteiger partial charge < -0.3 is 19.1 Å². The summed E-state index contributed by atoms with van der Waals surface area (Å²) < 4.78 is 16.6. The van der Waals surface area contributed by atoms with Crippen molar-refractivity contribution in [1.82, 2.24) is 4.90 Å². The van der Waals surface area contributed by atoms with Crippen molar-refractivity contribution in [2.75, 3.05) is 21.3 Å². The molecule has 5 heteroatoms. The molecule has 0 aliphatic carbocycles. The number of carbonyl (C=O) groups is 1. The molecular formula is C23H23NO4. The molecule has 0 bridgehead atoms. The minimum atomic E-state index is 0.268. The lowest BCUT2D eigenvalue weighted by Crippen LogP contribution is -2.38. The molecule has 1 saturated heterocycles. The lowest BCUT2D eigenvalue weighted by molar-refractivity contribution is -0.129. The SMILES string of the molecule is COc1ccc2c3c(c4cc(OC)c(OC)cc4c2c1)CC1CCC(=O)N1C3. The van der Waals surface area contributed by atoms with Gasteiger partial charge in [0.1, 0.15) is 5.75 Å². The van der Waals surface area contributed by atoms with Gasteiger partial charge in [0.15, 0.2) is 11.5 Å². The van der Waals surface area contributed by atoms with Crippen LogP contribution in [0.15, 0.2) is 30.3 Å². The van der Waals surface area contributed by atoms with Gasteiger partial charge in [-0.1, -0.05) is 6.07 Å². The maximum Gasteiger partial charge on any atom is 0.223 e. The Morgan fingerprint density at radius 2 is 1.57 bits per heavy atom. The van der Waals surface area contributed by atoms with E-state index in [4.69, 9.17) is 14.2 Å². The van der Waals surface area contributed by atoms with Crippen LogP contribution in [0, 0.1) is 0 Å². The van der Waals surface area contributed by atoms with Crippen molar-refractivity contribution in [3.8, 4) is 17.2 Å². The van der Waals surface area contributed by atoms with Crippen LogP contribution in [0.2, 0.25) is 0 Å². The number of ether oxygens (including phenoxy) is 3. The Labute approximate surface area is 163 Å². The van der Waals surface area contributed by atoms with Gasteiger partial charge in [0, 0.05) is 19.0 Å². The van der Waals surface area contributed by atoms with Crippen LogP contribution in [0.3, 0.4) is 0 Å². The number of carbonyl (C=O) groups excluding carboxylic acids is 1. The molecule has 0 saturated carbocycles. The Balaban J connectivity index is 1.88.